The predicted octanol–water partition coefficient (Wildman–Crippen LogP) is 7.59. The molecule has 1 saturated heterocycles. The van der Waals surface area contributed by atoms with Crippen LogP contribution in [-0.4, -0.2) is 48.4 Å². The Hall–Kier alpha value is -2.33. The third-order valence-corrected chi connectivity index (χ3v) is 12.8. The van der Waals surface area contributed by atoms with Gasteiger partial charge in [0, 0.05) is 31.2 Å². The first kappa shape index (κ1) is 25.6. The first-order valence-corrected chi connectivity index (χ1v) is 15.6. The van der Waals surface area contributed by atoms with Crippen LogP contribution in [0.4, 0.5) is 0 Å². The van der Waals surface area contributed by atoms with Gasteiger partial charge in [-0.05, 0) is 113 Å². The summed E-state index contributed by atoms with van der Waals surface area (Å²) in [5.41, 5.74) is 4.26. The molecule has 2 heterocycles. The monoisotopic (exact) mass is 526 g/mol. The molecule has 4 heteroatoms. The summed E-state index contributed by atoms with van der Waals surface area (Å²) in [6.45, 7) is 8.32. The minimum absolute atomic E-state index is 0.0948. The number of benzene rings is 1. The van der Waals surface area contributed by atoms with Crippen LogP contribution in [0.5, 0.6) is 0 Å². The summed E-state index contributed by atoms with van der Waals surface area (Å²) in [5, 5.41) is 0. The maximum Gasteiger partial charge on any atom is 0.257 e. The summed E-state index contributed by atoms with van der Waals surface area (Å²) in [6.07, 6.45) is 13.0. The fourth-order valence-electron chi connectivity index (χ4n) is 10.6. The van der Waals surface area contributed by atoms with Crippen molar-refractivity contribution in [3.63, 3.8) is 0 Å². The van der Waals surface area contributed by atoms with Crippen molar-refractivity contribution in [2.75, 3.05) is 20.6 Å². The smallest absolute Gasteiger partial charge is 0.257 e. The average molecular weight is 527 g/mol. The zero-order valence-electron chi connectivity index (χ0n) is 24.6. The number of likely N-dealkylation sites (tertiary alicyclic amines) is 1. The van der Waals surface area contributed by atoms with Gasteiger partial charge in [-0.1, -0.05) is 48.9 Å². The van der Waals surface area contributed by atoms with Crippen LogP contribution in [0.2, 0.25) is 0 Å². The Morgan fingerprint density at radius 3 is 2.62 bits per heavy atom. The van der Waals surface area contributed by atoms with Crippen molar-refractivity contribution in [3.05, 3.63) is 59.4 Å². The predicted molar refractivity (Wildman–Crippen MR) is 156 cm³/mol. The lowest BCUT2D eigenvalue weighted by Crippen LogP contribution is -2.53. The highest BCUT2D eigenvalue weighted by atomic mass is 16.3. The fourth-order valence-corrected chi connectivity index (χ4v) is 10.6. The van der Waals surface area contributed by atoms with Gasteiger partial charge >= 0.3 is 0 Å². The summed E-state index contributed by atoms with van der Waals surface area (Å²) in [5.74, 6) is 5.08. The van der Waals surface area contributed by atoms with E-state index in [1.54, 1.807) is 5.57 Å². The van der Waals surface area contributed by atoms with Gasteiger partial charge in [-0.3, -0.25) is 4.79 Å². The van der Waals surface area contributed by atoms with E-state index in [-0.39, 0.29) is 11.9 Å². The second kappa shape index (κ2) is 9.09. The molecule has 4 nitrogen and oxygen atoms in total. The third-order valence-electron chi connectivity index (χ3n) is 12.8. The molecule has 39 heavy (non-hydrogen) atoms. The van der Waals surface area contributed by atoms with Gasteiger partial charge in [0.25, 0.3) is 5.91 Å². The molecule has 3 saturated carbocycles. The quantitative estimate of drug-likeness (QED) is 0.387. The van der Waals surface area contributed by atoms with Crippen LogP contribution in [0.3, 0.4) is 0 Å². The highest BCUT2D eigenvalue weighted by Crippen LogP contribution is 2.68. The SMILES string of the molecule is Cc1oc(-c2ccccc2)cc1C(=O)N(C)C1CCC2(C)C(=CCC3C2CCC24CN(C)C(C)C2CCC34)C1. The Bertz CT molecular complexity index is 1290. The van der Waals surface area contributed by atoms with Crippen LogP contribution < -0.4 is 0 Å². The largest absolute Gasteiger partial charge is 0.461 e. The van der Waals surface area contributed by atoms with Crippen LogP contribution in [0.25, 0.3) is 11.3 Å². The van der Waals surface area contributed by atoms with Crippen LogP contribution in [0.15, 0.2) is 52.5 Å². The number of carbonyl (C=O) groups excluding carboxylic acids is 1. The number of fused-ring (bicyclic) bond motifs is 4. The number of hydrogen-bond acceptors (Lipinski definition) is 3. The Morgan fingerprint density at radius 1 is 1.05 bits per heavy atom. The first-order valence-electron chi connectivity index (χ1n) is 15.6. The Balaban J connectivity index is 1.09. The standard InChI is InChI=1S/C35H46N2O2/c1-22-29-13-14-31-27-12-11-25-19-26(15-17-34(25,3)30(27)16-18-35(29,31)21-36(22)4)37(5)33(38)28-20-32(39-23(28)2)24-9-7-6-8-10-24/h6-11,20,22,26-27,29-31H,12-19,21H2,1-5H3. The summed E-state index contributed by atoms with van der Waals surface area (Å²) in [7, 11) is 4.38. The number of hydrogen-bond donors (Lipinski definition) is 0. The van der Waals surface area contributed by atoms with Crippen molar-refractivity contribution in [2.45, 2.75) is 84.2 Å². The molecular weight excluding hydrogens is 480 g/mol. The molecule has 8 unspecified atom stereocenters. The summed E-state index contributed by atoms with van der Waals surface area (Å²) in [4.78, 5) is 18.4. The molecule has 4 aliphatic carbocycles. The molecule has 0 N–H and O–H groups in total. The number of furan rings is 1. The van der Waals surface area contributed by atoms with Gasteiger partial charge in [0.15, 0.2) is 0 Å². The molecule has 4 fully saturated rings. The van der Waals surface area contributed by atoms with E-state index in [1.807, 2.05) is 55.3 Å². The molecule has 2 aromatic rings. The summed E-state index contributed by atoms with van der Waals surface area (Å²) in [6, 6.07) is 13.0. The lowest BCUT2D eigenvalue weighted by molar-refractivity contribution is -0.0430. The van der Waals surface area contributed by atoms with Gasteiger partial charge in [-0.25, -0.2) is 0 Å². The van der Waals surface area contributed by atoms with Crippen molar-refractivity contribution in [2.24, 2.45) is 34.5 Å². The molecule has 1 aromatic heterocycles. The van der Waals surface area contributed by atoms with Crippen molar-refractivity contribution in [1.29, 1.82) is 0 Å². The number of nitrogens with zero attached hydrogens (tertiary/aromatic N) is 2. The fraction of sp³-hybridized carbons (Fsp3) is 0.629. The van der Waals surface area contributed by atoms with E-state index >= 15 is 0 Å². The summed E-state index contributed by atoms with van der Waals surface area (Å²) >= 11 is 0. The molecule has 208 valence electrons. The van der Waals surface area contributed by atoms with Gasteiger partial charge in [-0.15, -0.1) is 0 Å². The van der Waals surface area contributed by atoms with Gasteiger partial charge in [0.05, 0.1) is 5.56 Å². The van der Waals surface area contributed by atoms with E-state index in [2.05, 4.69) is 31.9 Å². The molecule has 1 aliphatic heterocycles. The lowest BCUT2D eigenvalue weighted by Gasteiger charge is -2.58. The minimum Gasteiger partial charge on any atom is -0.461 e. The lowest BCUT2D eigenvalue weighted by atomic mass is 9.47. The van der Waals surface area contributed by atoms with E-state index in [0.29, 0.717) is 22.2 Å². The van der Waals surface area contributed by atoms with Crippen LogP contribution in [0, 0.1) is 41.4 Å². The molecule has 1 amide bonds. The van der Waals surface area contributed by atoms with E-state index in [1.165, 1.54) is 45.1 Å². The van der Waals surface area contributed by atoms with Crippen molar-refractivity contribution >= 4 is 5.91 Å². The number of carbonyl (C=O) groups is 1. The van der Waals surface area contributed by atoms with E-state index in [9.17, 15) is 4.79 Å². The Morgan fingerprint density at radius 2 is 1.82 bits per heavy atom. The Kier molecular flexibility index (Phi) is 5.97. The topological polar surface area (TPSA) is 36.7 Å². The second-order valence-electron chi connectivity index (χ2n) is 14.1. The van der Waals surface area contributed by atoms with Gasteiger partial charge in [0.2, 0.25) is 0 Å². The highest BCUT2D eigenvalue weighted by Gasteiger charge is 2.64. The Labute approximate surface area is 234 Å². The number of amides is 1. The molecule has 1 spiro atoms. The minimum atomic E-state index is 0.0948. The van der Waals surface area contributed by atoms with Gasteiger partial charge in [-0.2, -0.15) is 0 Å². The molecular formula is C35H46N2O2. The molecule has 0 radical (unpaired) electrons. The van der Waals surface area contributed by atoms with Crippen molar-refractivity contribution in [3.8, 4) is 11.3 Å². The maximum absolute atomic E-state index is 13.7. The summed E-state index contributed by atoms with van der Waals surface area (Å²) < 4.78 is 6.04. The molecule has 7 rings (SSSR count). The second-order valence-corrected chi connectivity index (χ2v) is 14.1. The number of rotatable bonds is 3. The first-order chi connectivity index (χ1) is 18.7. The number of allylic oxidation sites excluding steroid dienone is 1. The van der Waals surface area contributed by atoms with E-state index in [4.69, 9.17) is 4.42 Å². The zero-order chi connectivity index (χ0) is 27.1. The zero-order valence-corrected chi connectivity index (χ0v) is 24.6. The van der Waals surface area contributed by atoms with E-state index in [0.717, 1.165) is 53.9 Å². The third kappa shape index (κ3) is 3.69. The van der Waals surface area contributed by atoms with Gasteiger partial charge in [0.1, 0.15) is 11.5 Å². The average Bonchev–Trinajstić information content (AvgIpc) is 3.58. The number of aryl methyl sites for hydroxylation is 1. The maximum atomic E-state index is 13.7. The highest BCUT2D eigenvalue weighted by molar-refractivity contribution is 5.96. The van der Waals surface area contributed by atoms with Crippen LogP contribution in [-0.2, 0) is 0 Å². The van der Waals surface area contributed by atoms with Crippen LogP contribution >= 0.6 is 0 Å². The molecule has 5 aliphatic rings. The van der Waals surface area contributed by atoms with E-state index < -0.39 is 0 Å². The van der Waals surface area contributed by atoms with Gasteiger partial charge < -0.3 is 14.2 Å². The molecule has 1 aromatic carbocycles. The van der Waals surface area contributed by atoms with Crippen molar-refractivity contribution in [1.82, 2.24) is 9.80 Å². The molecule has 0 bridgehead atoms. The van der Waals surface area contributed by atoms with Crippen LogP contribution in [0.1, 0.15) is 81.3 Å². The molecule has 8 atom stereocenters. The van der Waals surface area contributed by atoms with Crippen molar-refractivity contribution < 1.29 is 9.21 Å². The normalized spacial score (nSPS) is 39.4.